The van der Waals surface area contributed by atoms with Gasteiger partial charge in [0, 0.05) is 12.7 Å². The number of nitrogens with two attached hydrogens (primary N) is 1. The van der Waals surface area contributed by atoms with E-state index in [1.807, 2.05) is 24.4 Å². The molecular formula is C14H20N4O. The Morgan fingerprint density at radius 2 is 2.11 bits per heavy atom. The van der Waals surface area contributed by atoms with Crippen LogP contribution in [0.15, 0.2) is 30.5 Å². The Hall–Kier alpha value is -1.88. The van der Waals surface area contributed by atoms with Crippen molar-refractivity contribution in [2.24, 2.45) is 5.73 Å². The van der Waals surface area contributed by atoms with Crippen molar-refractivity contribution < 1.29 is 4.74 Å². The molecule has 5 nitrogen and oxygen atoms in total. The normalized spacial score (nSPS) is 10.9. The van der Waals surface area contributed by atoms with Crippen LogP contribution >= 0.6 is 0 Å². The average Bonchev–Trinajstić information content (AvgIpc) is 2.87. The first kappa shape index (κ1) is 13.5. The minimum atomic E-state index is 0.414. The predicted octanol–water partition coefficient (Wildman–Crippen LogP) is 1.94. The van der Waals surface area contributed by atoms with Crippen molar-refractivity contribution in [1.29, 1.82) is 0 Å². The van der Waals surface area contributed by atoms with Crippen LogP contribution in [0.2, 0.25) is 0 Å². The number of hydrogen-bond acceptors (Lipinski definition) is 4. The summed E-state index contributed by atoms with van der Waals surface area (Å²) in [5.41, 5.74) is 7.51. The molecule has 0 aliphatic heterocycles. The van der Waals surface area contributed by atoms with Crippen LogP contribution in [-0.2, 0) is 13.1 Å². The van der Waals surface area contributed by atoms with Gasteiger partial charge in [-0.3, -0.25) is 0 Å². The standard InChI is InChI=1S/C14H20N4O/c1-11(2)13-5-3-4-6-14(13)19-8-7-18-10-12(9-15)16-17-18/h3-6,10-11H,7-9,15H2,1-2H3. The zero-order valence-electron chi connectivity index (χ0n) is 11.4. The van der Waals surface area contributed by atoms with Gasteiger partial charge >= 0.3 is 0 Å². The van der Waals surface area contributed by atoms with Crippen molar-refractivity contribution in [2.75, 3.05) is 6.61 Å². The molecule has 0 amide bonds. The summed E-state index contributed by atoms with van der Waals surface area (Å²) in [6.07, 6.45) is 1.84. The maximum absolute atomic E-state index is 5.83. The minimum absolute atomic E-state index is 0.414. The quantitative estimate of drug-likeness (QED) is 0.862. The Kier molecular flexibility index (Phi) is 4.52. The summed E-state index contributed by atoms with van der Waals surface area (Å²) in [7, 11) is 0. The molecule has 0 saturated heterocycles. The third-order valence-corrected chi connectivity index (χ3v) is 2.91. The highest BCUT2D eigenvalue weighted by atomic mass is 16.5. The van der Waals surface area contributed by atoms with Gasteiger partial charge in [-0.2, -0.15) is 0 Å². The second-order valence-corrected chi connectivity index (χ2v) is 4.72. The van der Waals surface area contributed by atoms with E-state index in [2.05, 4.69) is 30.2 Å². The van der Waals surface area contributed by atoms with Crippen LogP contribution in [0.1, 0.15) is 31.0 Å². The molecule has 2 N–H and O–H groups in total. The molecule has 0 aliphatic rings. The van der Waals surface area contributed by atoms with Crippen molar-refractivity contribution >= 4 is 0 Å². The molecule has 0 unspecified atom stereocenters. The van der Waals surface area contributed by atoms with Gasteiger partial charge in [0.2, 0.25) is 0 Å². The molecule has 0 fully saturated rings. The van der Waals surface area contributed by atoms with Crippen LogP contribution in [0.25, 0.3) is 0 Å². The van der Waals surface area contributed by atoms with Crippen LogP contribution in [0.3, 0.4) is 0 Å². The molecule has 1 heterocycles. The van der Waals surface area contributed by atoms with Gasteiger partial charge in [0.05, 0.1) is 12.2 Å². The molecule has 19 heavy (non-hydrogen) atoms. The average molecular weight is 260 g/mol. The predicted molar refractivity (Wildman–Crippen MR) is 73.9 cm³/mol. The fourth-order valence-corrected chi connectivity index (χ4v) is 1.88. The van der Waals surface area contributed by atoms with Crippen LogP contribution in [-0.4, -0.2) is 21.6 Å². The van der Waals surface area contributed by atoms with Gasteiger partial charge in [-0.1, -0.05) is 37.3 Å². The Balaban J connectivity index is 1.92. The molecule has 0 aliphatic carbocycles. The highest BCUT2D eigenvalue weighted by molar-refractivity contribution is 5.35. The number of benzene rings is 1. The second kappa shape index (κ2) is 6.33. The molecule has 1 aromatic heterocycles. The van der Waals surface area contributed by atoms with E-state index in [0.717, 1.165) is 11.4 Å². The van der Waals surface area contributed by atoms with Gasteiger partial charge in [-0.25, -0.2) is 4.68 Å². The van der Waals surface area contributed by atoms with Crippen LogP contribution in [0.5, 0.6) is 5.75 Å². The van der Waals surface area contributed by atoms with Gasteiger partial charge in [0.1, 0.15) is 12.4 Å². The molecule has 0 bridgehead atoms. The zero-order valence-corrected chi connectivity index (χ0v) is 11.4. The third kappa shape index (κ3) is 3.54. The number of rotatable bonds is 6. The van der Waals surface area contributed by atoms with Crippen molar-refractivity contribution in [3.8, 4) is 5.75 Å². The monoisotopic (exact) mass is 260 g/mol. The topological polar surface area (TPSA) is 66.0 Å². The Bertz CT molecular complexity index is 522. The summed E-state index contributed by atoms with van der Waals surface area (Å²) in [6, 6.07) is 8.13. The fourth-order valence-electron chi connectivity index (χ4n) is 1.88. The van der Waals surface area contributed by atoms with Crippen molar-refractivity contribution in [3.05, 3.63) is 41.7 Å². The molecule has 102 valence electrons. The summed E-state index contributed by atoms with van der Waals surface area (Å²) >= 11 is 0. The van der Waals surface area contributed by atoms with E-state index in [9.17, 15) is 0 Å². The van der Waals surface area contributed by atoms with Crippen LogP contribution < -0.4 is 10.5 Å². The van der Waals surface area contributed by atoms with Gasteiger partial charge in [-0.05, 0) is 17.5 Å². The molecule has 2 aromatic rings. The first-order chi connectivity index (χ1) is 9.20. The first-order valence-corrected chi connectivity index (χ1v) is 6.51. The smallest absolute Gasteiger partial charge is 0.122 e. The van der Waals surface area contributed by atoms with E-state index in [-0.39, 0.29) is 0 Å². The van der Waals surface area contributed by atoms with Crippen LogP contribution in [0.4, 0.5) is 0 Å². The molecular weight excluding hydrogens is 240 g/mol. The molecule has 2 rings (SSSR count). The number of nitrogens with zero attached hydrogens (tertiary/aromatic N) is 3. The fraction of sp³-hybridized carbons (Fsp3) is 0.429. The second-order valence-electron chi connectivity index (χ2n) is 4.72. The number of para-hydroxylation sites is 1. The van der Waals surface area contributed by atoms with E-state index < -0.39 is 0 Å². The lowest BCUT2D eigenvalue weighted by molar-refractivity contribution is 0.286. The summed E-state index contributed by atoms with van der Waals surface area (Å²) in [4.78, 5) is 0. The number of aromatic nitrogens is 3. The summed E-state index contributed by atoms with van der Waals surface area (Å²) < 4.78 is 7.58. The summed E-state index contributed by atoms with van der Waals surface area (Å²) in [5, 5.41) is 7.92. The lowest BCUT2D eigenvalue weighted by Gasteiger charge is -2.13. The molecule has 0 saturated carbocycles. The largest absolute Gasteiger partial charge is 0.491 e. The Labute approximate surface area is 113 Å². The molecule has 0 radical (unpaired) electrons. The highest BCUT2D eigenvalue weighted by Crippen LogP contribution is 2.25. The van der Waals surface area contributed by atoms with E-state index in [0.29, 0.717) is 25.6 Å². The zero-order chi connectivity index (χ0) is 13.7. The van der Waals surface area contributed by atoms with E-state index >= 15 is 0 Å². The minimum Gasteiger partial charge on any atom is -0.491 e. The van der Waals surface area contributed by atoms with Gasteiger partial charge in [0.15, 0.2) is 0 Å². The molecule has 0 atom stereocenters. The van der Waals surface area contributed by atoms with Crippen molar-refractivity contribution in [1.82, 2.24) is 15.0 Å². The van der Waals surface area contributed by atoms with Gasteiger partial charge in [0.25, 0.3) is 0 Å². The summed E-state index contributed by atoms with van der Waals surface area (Å²) in [6.45, 7) is 5.97. The number of hydrogen-bond donors (Lipinski definition) is 1. The van der Waals surface area contributed by atoms with E-state index in [4.69, 9.17) is 10.5 Å². The van der Waals surface area contributed by atoms with Gasteiger partial charge < -0.3 is 10.5 Å². The highest BCUT2D eigenvalue weighted by Gasteiger charge is 2.06. The summed E-state index contributed by atoms with van der Waals surface area (Å²) in [5.74, 6) is 1.39. The van der Waals surface area contributed by atoms with Crippen LogP contribution in [0, 0.1) is 0 Å². The van der Waals surface area contributed by atoms with Crippen molar-refractivity contribution in [2.45, 2.75) is 32.9 Å². The molecule has 5 heteroatoms. The Morgan fingerprint density at radius 3 is 2.79 bits per heavy atom. The molecule has 0 spiro atoms. The maximum Gasteiger partial charge on any atom is 0.122 e. The third-order valence-electron chi connectivity index (χ3n) is 2.91. The lowest BCUT2D eigenvalue weighted by Crippen LogP contribution is -2.10. The van der Waals surface area contributed by atoms with E-state index in [1.54, 1.807) is 4.68 Å². The van der Waals surface area contributed by atoms with Gasteiger partial charge in [-0.15, -0.1) is 5.10 Å². The SMILES string of the molecule is CC(C)c1ccccc1OCCn1cc(CN)nn1. The first-order valence-electron chi connectivity index (χ1n) is 6.51. The Morgan fingerprint density at radius 1 is 1.32 bits per heavy atom. The van der Waals surface area contributed by atoms with E-state index in [1.165, 1.54) is 5.56 Å². The lowest BCUT2D eigenvalue weighted by atomic mass is 10.0. The maximum atomic E-state index is 5.83. The molecule has 1 aromatic carbocycles. The number of ether oxygens (including phenoxy) is 1. The van der Waals surface area contributed by atoms with Crippen molar-refractivity contribution in [3.63, 3.8) is 0 Å².